The van der Waals surface area contributed by atoms with E-state index in [0.29, 0.717) is 22.3 Å². The highest BCUT2D eigenvalue weighted by Crippen LogP contribution is 2.45. The van der Waals surface area contributed by atoms with Crippen LogP contribution in [0.3, 0.4) is 0 Å². The lowest BCUT2D eigenvalue weighted by molar-refractivity contribution is 0.102. The van der Waals surface area contributed by atoms with Crippen molar-refractivity contribution < 1.29 is 4.79 Å². The van der Waals surface area contributed by atoms with E-state index in [-0.39, 0.29) is 5.91 Å². The molecule has 5 nitrogen and oxygen atoms in total. The molecular weight excluding hydrogens is 300 g/mol. The molecule has 0 spiro atoms. The third-order valence-corrected chi connectivity index (χ3v) is 4.04. The van der Waals surface area contributed by atoms with E-state index >= 15 is 0 Å². The van der Waals surface area contributed by atoms with Crippen molar-refractivity contribution in [3.05, 3.63) is 40.5 Å². The molecule has 0 aliphatic heterocycles. The monoisotopic (exact) mass is 318 g/mol. The Morgan fingerprint density at radius 2 is 2.23 bits per heavy atom. The summed E-state index contributed by atoms with van der Waals surface area (Å²) < 4.78 is 1.85. The Balaban J connectivity index is 1.93. The van der Waals surface area contributed by atoms with Gasteiger partial charge in [0.25, 0.3) is 5.91 Å². The molecule has 116 valence electrons. The van der Waals surface area contributed by atoms with Crippen molar-refractivity contribution in [1.82, 2.24) is 9.78 Å². The van der Waals surface area contributed by atoms with E-state index in [4.69, 9.17) is 11.6 Å². The van der Waals surface area contributed by atoms with Crippen molar-refractivity contribution in [1.29, 1.82) is 0 Å². The maximum absolute atomic E-state index is 12.6. The number of aromatic nitrogens is 2. The predicted molar refractivity (Wildman–Crippen MR) is 88.8 cm³/mol. The largest absolute Gasteiger partial charge is 0.373 e. The first kappa shape index (κ1) is 14.9. The SMILES string of the molecule is CCn1nc(C(=O)Nc2cccc(Cl)c2)c(C2CC2)c1NC. The van der Waals surface area contributed by atoms with Gasteiger partial charge in [-0.05, 0) is 43.9 Å². The molecule has 2 N–H and O–H groups in total. The highest BCUT2D eigenvalue weighted by Gasteiger charge is 2.34. The molecule has 3 rings (SSSR count). The molecule has 0 radical (unpaired) electrons. The van der Waals surface area contributed by atoms with Crippen LogP contribution in [-0.4, -0.2) is 22.7 Å². The number of aryl methyl sites for hydroxylation is 1. The van der Waals surface area contributed by atoms with E-state index in [1.807, 2.05) is 30.8 Å². The first-order valence-corrected chi connectivity index (χ1v) is 7.87. The summed E-state index contributed by atoms with van der Waals surface area (Å²) in [4.78, 5) is 12.6. The van der Waals surface area contributed by atoms with Crippen molar-refractivity contribution >= 4 is 29.0 Å². The summed E-state index contributed by atoms with van der Waals surface area (Å²) in [6, 6.07) is 7.13. The number of carbonyl (C=O) groups excluding carboxylic acids is 1. The van der Waals surface area contributed by atoms with Crippen LogP contribution in [0.15, 0.2) is 24.3 Å². The predicted octanol–water partition coefficient (Wildman–Crippen LogP) is 3.73. The van der Waals surface area contributed by atoms with Crippen LogP contribution >= 0.6 is 11.6 Å². The second-order valence-electron chi connectivity index (χ2n) is 5.42. The minimum Gasteiger partial charge on any atom is -0.373 e. The van der Waals surface area contributed by atoms with Crippen molar-refractivity contribution in [2.24, 2.45) is 0 Å². The first-order chi connectivity index (χ1) is 10.6. The maximum atomic E-state index is 12.6. The summed E-state index contributed by atoms with van der Waals surface area (Å²) in [6.45, 7) is 2.74. The first-order valence-electron chi connectivity index (χ1n) is 7.49. The fourth-order valence-corrected chi connectivity index (χ4v) is 2.84. The molecule has 1 aliphatic rings. The second-order valence-corrected chi connectivity index (χ2v) is 5.85. The fraction of sp³-hybridized carbons (Fsp3) is 0.375. The van der Waals surface area contributed by atoms with Gasteiger partial charge in [-0.15, -0.1) is 0 Å². The molecule has 1 amide bonds. The summed E-state index contributed by atoms with van der Waals surface area (Å²) in [5, 5.41) is 11.1. The Kier molecular flexibility index (Phi) is 4.07. The Hall–Kier alpha value is -2.01. The van der Waals surface area contributed by atoms with Gasteiger partial charge in [-0.2, -0.15) is 5.10 Å². The van der Waals surface area contributed by atoms with Crippen LogP contribution in [0, 0.1) is 0 Å². The number of rotatable bonds is 5. The van der Waals surface area contributed by atoms with Crippen molar-refractivity contribution in [2.45, 2.75) is 32.2 Å². The summed E-state index contributed by atoms with van der Waals surface area (Å²) in [6.07, 6.45) is 2.23. The van der Waals surface area contributed by atoms with E-state index in [1.54, 1.807) is 12.1 Å². The zero-order valence-corrected chi connectivity index (χ0v) is 13.4. The molecule has 22 heavy (non-hydrogen) atoms. The van der Waals surface area contributed by atoms with Gasteiger partial charge in [-0.25, -0.2) is 4.68 Å². The van der Waals surface area contributed by atoms with Crippen molar-refractivity contribution in [3.8, 4) is 0 Å². The molecule has 1 aromatic heterocycles. The number of nitrogens with one attached hydrogen (secondary N) is 2. The molecular formula is C16H19ClN4O. The second kappa shape index (κ2) is 6.01. The number of hydrogen-bond donors (Lipinski definition) is 2. The molecule has 0 atom stereocenters. The van der Waals surface area contributed by atoms with Crippen molar-refractivity contribution in [3.63, 3.8) is 0 Å². The molecule has 1 aliphatic carbocycles. The number of amides is 1. The van der Waals surface area contributed by atoms with Crippen LogP contribution < -0.4 is 10.6 Å². The molecule has 1 fully saturated rings. The fourth-order valence-electron chi connectivity index (χ4n) is 2.65. The van der Waals surface area contributed by atoms with Gasteiger partial charge >= 0.3 is 0 Å². The quantitative estimate of drug-likeness (QED) is 0.883. The molecule has 0 bridgehead atoms. The average molecular weight is 319 g/mol. The van der Waals surface area contributed by atoms with Gasteiger partial charge in [0.05, 0.1) is 0 Å². The number of hydrogen-bond acceptors (Lipinski definition) is 3. The van der Waals surface area contributed by atoms with Gasteiger partial charge in [0.1, 0.15) is 5.82 Å². The Morgan fingerprint density at radius 1 is 1.45 bits per heavy atom. The summed E-state index contributed by atoms with van der Waals surface area (Å²) in [7, 11) is 1.87. The van der Waals surface area contributed by atoms with Gasteiger partial charge in [0, 0.05) is 29.9 Å². The summed E-state index contributed by atoms with van der Waals surface area (Å²) in [5.41, 5.74) is 2.22. The van der Waals surface area contributed by atoms with Crippen LogP contribution in [0.1, 0.15) is 41.7 Å². The minimum absolute atomic E-state index is 0.187. The lowest BCUT2D eigenvalue weighted by Crippen LogP contribution is -2.14. The third kappa shape index (κ3) is 2.81. The lowest BCUT2D eigenvalue weighted by atomic mass is 10.1. The van der Waals surface area contributed by atoms with E-state index in [0.717, 1.165) is 30.8 Å². The average Bonchev–Trinajstić information content (AvgIpc) is 3.26. The topological polar surface area (TPSA) is 59.0 Å². The van der Waals surface area contributed by atoms with Gasteiger partial charge in [-0.1, -0.05) is 17.7 Å². The van der Waals surface area contributed by atoms with Crippen LogP contribution in [0.2, 0.25) is 5.02 Å². The van der Waals surface area contributed by atoms with E-state index in [9.17, 15) is 4.79 Å². The Labute approximate surface area is 134 Å². The molecule has 2 aromatic rings. The zero-order chi connectivity index (χ0) is 15.7. The number of benzene rings is 1. The number of nitrogens with zero attached hydrogens (tertiary/aromatic N) is 2. The normalized spacial score (nSPS) is 14.0. The molecule has 1 heterocycles. The van der Waals surface area contributed by atoms with Crippen LogP contribution in [0.4, 0.5) is 11.5 Å². The van der Waals surface area contributed by atoms with Gasteiger partial charge in [0.15, 0.2) is 5.69 Å². The molecule has 0 saturated heterocycles. The minimum atomic E-state index is -0.187. The highest BCUT2D eigenvalue weighted by molar-refractivity contribution is 6.30. The molecule has 1 saturated carbocycles. The molecule has 0 unspecified atom stereocenters. The Bertz CT molecular complexity index is 706. The van der Waals surface area contributed by atoms with E-state index in [2.05, 4.69) is 15.7 Å². The highest BCUT2D eigenvalue weighted by atomic mass is 35.5. The number of halogens is 1. The number of carbonyl (C=O) groups is 1. The smallest absolute Gasteiger partial charge is 0.276 e. The lowest BCUT2D eigenvalue weighted by Gasteiger charge is -2.07. The third-order valence-electron chi connectivity index (χ3n) is 3.81. The molecule has 6 heteroatoms. The van der Waals surface area contributed by atoms with E-state index < -0.39 is 0 Å². The van der Waals surface area contributed by atoms with Crippen molar-refractivity contribution in [2.75, 3.05) is 17.7 Å². The van der Waals surface area contributed by atoms with Gasteiger partial charge in [-0.3, -0.25) is 4.79 Å². The maximum Gasteiger partial charge on any atom is 0.276 e. The van der Waals surface area contributed by atoms with Crippen LogP contribution in [0.5, 0.6) is 0 Å². The van der Waals surface area contributed by atoms with Gasteiger partial charge in [0.2, 0.25) is 0 Å². The zero-order valence-electron chi connectivity index (χ0n) is 12.7. The van der Waals surface area contributed by atoms with Crippen LogP contribution in [-0.2, 0) is 6.54 Å². The number of anilines is 2. The summed E-state index contributed by atoms with van der Waals surface area (Å²) >= 11 is 5.96. The van der Waals surface area contributed by atoms with E-state index in [1.165, 1.54) is 0 Å². The molecule has 1 aromatic carbocycles. The Morgan fingerprint density at radius 3 is 2.82 bits per heavy atom. The standard InChI is InChI=1S/C16H19ClN4O/c1-3-21-15(18-2)13(10-7-8-10)14(20-21)16(22)19-12-6-4-5-11(17)9-12/h4-6,9-10,18H,3,7-8H2,1-2H3,(H,19,22). The van der Waals surface area contributed by atoms with Gasteiger partial charge < -0.3 is 10.6 Å². The summed E-state index contributed by atoms with van der Waals surface area (Å²) in [5.74, 6) is 1.19. The van der Waals surface area contributed by atoms with Crippen LogP contribution in [0.25, 0.3) is 0 Å².